The highest BCUT2D eigenvalue weighted by molar-refractivity contribution is 6.31. The largest absolute Gasteiger partial charge is 0.308 e. The Hall–Kier alpha value is -2.40. The number of anilines is 1. The lowest BCUT2D eigenvalue weighted by Gasteiger charge is -2.33. The van der Waals surface area contributed by atoms with Crippen molar-refractivity contribution in [1.29, 1.82) is 0 Å². The molecule has 1 heterocycles. The summed E-state index contributed by atoms with van der Waals surface area (Å²) in [5.41, 5.74) is 1.69. The molecule has 0 radical (unpaired) electrons. The molecule has 23 heavy (non-hydrogen) atoms. The van der Waals surface area contributed by atoms with Gasteiger partial charge in [0.15, 0.2) is 0 Å². The summed E-state index contributed by atoms with van der Waals surface area (Å²) >= 11 is 5.83. The second kappa shape index (κ2) is 6.01. The third-order valence-electron chi connectivity index (χ3n) is 3.98. The number of nitro groups is 1. The molecule has 6 heteroatoms. The van der Waals surface area contributed by atoms with Gasteiger partial charge in [0.2, 0.25) is 0 Å². The van der Waals surface area contributed by atoms with Crippen LogP contribution in [-0.2, 0) is 6.42 Å². The van der Waals surface area contributed by atoms with E-state index in [9.17, 15) is 14.9 Å². The van der Waals surface area contributed by atoms with Crippen molar-refractivity contribution in [1.82, 2.24) is 0 Å². The Morgan fingerprint density at radius 2 is 2.04 bits per heavy atom. The zero-order chi connectivity index (χ0) is 16.6. The van der Waals surface area contributed by atoms with E-state index in [1.165, 1.54) is 18.2 Å². The first-order chi connectivity index (χ1) is 11.0. The maximum atomic E-state index is 12.9. The van der Waals surface area contributed by atoms with Crippen LogP contribution < -0.4 is 4.90 Å². The normalized spacial score (nSPS) is 16.8. The third-order valence-corrected chi connectivity index (χ3v) is 4.21. The standard InChI is InChI=1S/C17H15ClN2O3/c1-11-8-12-4-2-3-5-15(12)19(10-11)17(21)14-7-6-13(18)9-16(14)20(22)23/h2-7,9,11H,8,10H2,1H3. The fourth-order valence-corrected chi connectivity index (χ4v) is 3.14. The van der Waals surface area contributed by atoms with Crippen molar-refractivity contribution >= 4 is 28.9 Å². The average Bonchev–Trinajstić information content (AvgIpc) is 2.53. The highest BCUT2D eigenvalue weighted by Gasteiger charge is 2.30. The fraction of sp³-hybridized carbons (Fsp3) is 0.235. The molecule has 0 N–H and O–H groups in total. The van der Waals surface area contributed by atoms with E-state index in [1.54, 1.807) is 4.90 Å². The number of amides is 1. The predicted molar refractivity (Wildman–Crippen MR) is 89.1 cm³/mol. The molecule has 5 nitrogen and oxygen atoms in total. The molecule has 2 aromatic carbocycles. The van der Waals surface area contributed by atoms with Gasteiger partial charge in [-0.15, -0.1) is 0 Å². The minimum atomic E-state index is -0.571. The summed E-state index contributed by atoms with van der Waals surface area (Å²) in [6.45, 7) is 2.60. The number of nitrogens with zero attached hydrogens (tertiary/aromatic N) is 2. The summed E-state index contributed by atoms with van der Waals surface area (Å²) in [4.78, 5) is 25.2. The molecule has 0 aromatic heterocycles. The predicted octanol–water partition coefficient (Wildman–Crippen LogP) is 4.09. The number of benzene rings is 2. The quantitative estimate of drug-likeness (QED) is 0.615. The zero-order valence-corrected chi connectivity index (χ0v) is 13.3. The van der Waals surface area contributed by atoms with E-state index in [0.717, 1.165) is 17.7 Å². The smallest absolute Gasteiger partial charge is 0.283 e. The van der Waals surface area contributed by atoms with Gasteiger partial charge in [0.25, 0.3) is 11.6 Å². The number of hydrogen-bond acceptors (Lipinski definition) is 3. The summed E-state index contributed by atoms with van der Waals surface area (Å²) in [6, 6.07) is 11.8. The molecule has 0 fully saturated rings. The first-order valence-corrected chi connectivity index (χ1v) is 7.69. The third kappa shape index (κ3) is 2.92. The molecule has 1 aliphatic heterocycles. The highest BCUT2D eigenvalue weighted by atomic mass is 35.5. The van der Waals surface area contributed by atoms with Crippen LogP contribution in [0.5, 0.6) is 0 Å². The van der Waals surface area contributed by atoms with Gasteiger partial charge in [-0.05, 0) is 36.1 Å². The fourth-order valence-electron chi connectivity index (χ4n) is 2.97. The minimum Gasteiger partial charge on any atom is -0.308 e. The maximum absolute atomic E-state index is 12.9. The van der Waals surface area contributed by atoms with Crippen LogP contribution in [-0.4, -0.2) is 17.4 Å². The van der Waals surface area contributed by atoms with Crippen LogP contribution in [0.25, 0.3) is 0 Å². The number of carbonyl (C=O) groups excluding carboxylic acids is 1. The summed E-state index contributed by atoms with van der Waals surface area (Å²) in [5, 5.41) is 11.5. The van der Waals surface area contributed by atoms with Crippen LogP contribution in [0, 0.1) is 16.0 Å². The molecule has 1 amide bonds. The summed E-state index contributed by atoms with van der Waals surface area (Å²) in [6.07, 6.45) is 0.892. The van der Waals surface area contributed by atoms with E-state index in [-0.39, 0.29) is 22.2 Å². The highest BCUT2D eigenvalue weighted by Crippen LogP contribution is 2.32. The van der Waals surface area contributed by atoms with Gasteiger partial charge in [-0.1, -0.05) is 36.7 Å². The first-order valence-electron chi connectivity index (χ1n) is 7.31. The molecule has 0 aliphatic carbocycles. The van der Waals surface area contributed by atoms with Crippen LogP contribution in [0.4, 0.5) is 11.4 Å². The molecule has 1 atom stereocenters. The molecule has 2 aromatic rings. The number of rotatable bonds is 2. The van der Waals surface area contributed by atoms with Gasteiger partial charge < -0.3 is 4.90 Å². The van der Waals surface area contributed by atoms with Gasteiger partial charge in [0.05, 0.1) is 4.92 Å². The van der Waals surface area contributed by atoms with E-state index in [1.807, 2.05) is 24.3 Å². The number of halogens is 1. The first kappa shape index (κ1) is 15.5. The van der Waals surface area contributed by atoms with Crippen molar-refractivity contribution in [3.8, 4) is 0 Å². The number of hydrogen-bond donors (Lipinski definition) is 0. The van der Waals surface area contributed by atoms with Gasteiger partial charge in [0.1, 0.15) is 5.56 Å². The monoisotopic (exact) mass is 330 g/mol. The summed E-state index contributed by atoms with van der Waals surface area (Å²) < 4.78 is 0. The van der Waals surface area contributed by atoms with E-state index in [4.69, 9.17) is 11.6 Å². The lowest BCUT2D eigenvalue weighted by Crippen LogP contribution is -2.39. The van der Waals surface area contributed by atoms with Crippen molar-refractivity contribution < 1.29 is 9.72 Å². The SMILES string of the molecule is CC1Cc2ccccc2N(C(=O)c2ccc(Cl)cc2[N+](=O)[O-])C1. The van der Waals surface area contributed by atoms with Crippen LogP contribution in [0.3, 0.4) is 0 Å². The van der Waals surface area contributed by atoms with Gasteiger partial charge in [0, 0.05) is 23.3 Å². The van der Waals surface area contributed by atoms with Gasteiger partial charge >= 0.3 is 0 Å². The molecule has 1 aliphatic rings. The van der Waals surface area contributed by atoms with Crippen molar-refractivity contribution in [2.75, 3.05) is 11.4 Å². The van der Waals surface area contributed by atoms with E-state index >= 15 is 0 Å². The molecule has 0 saturated heterocycles. The summed E-state index contributed by atoms with van der Waals surface area (Å²) in [7, 11) is 0. The lowest BCUT2D eigenvalue weighted by molar-refractivity contribution is -0.385. The van der Waals surface area contributed by atoms with Gasteiger partial charge in [-0.2, -0.15) is 0 Å². The Labute approximate surface area is 138 Å². The lowest BCUT2D eigenvalue weighted by atomic mass is 9.93. The van der Waals surface area contributed by atoms with Crippen LogP contribution >= 0.6 is 11.6 Å². The second-order valence-corrected chi connectivity index (χ2v) is 6.21. The average molecular weight is 331 g/mol. The van der Waals surface area contributed by atoms with Crippen molar-refractivity contribution in [3.05, 3.63) is 68.7 Å². The van der Waals surface area contributed by atoms with Crippen molar-refractivity contribution in [3.63, 3.8) is 0 Å². The van der Waals surface area contributed by atoms with Gasteiger partial charge in [-0.3, -0.25) is 14.9 Å². The van der Waals surface area contributed by atoms with Crippen LogP contribution in [0.2, 0.25) is 5.02 Å². The Morgan fingerprint density at radius 1 is 1.30 bits per heavy atom. The number of carbonyl (C=O) groups is 1. The molecule has 0 bridgehead atoms. The van der Waals surface area contributed by atoms with E-state index < -0.39 is 4.92 Å². The van der Waals surface area contributed by atoms with E-state index in [0.29, 0.717) is 12.5 Å². The van der Waals surface area contributed by atoms with Crippen molar-refractivity contribution in [2.45, 2.75) is 13.3 Å². The molecular formula is C17H15ClN2O3. The Kier molecular flexibility index (Phi) is 4.05. The number of para-hydroxylation sites is 1. The summed E-state index contributed by atoms with van der Waals surface area (Å²) in [5.74, 6) is -0.0763. The van der Waals surface area contributed by atoms with Crippen LogP contribution in [0.15, 0.2) is 42.5 Å². The molecule has 0 spiro atoms. The van der Waals surface area contributed by atoms with Crippen LogP contribution in [0.1, 0.15) is 22.8 Å². The van der Waals surface area contributed by atoms with Gasteiger partial charge in [-0.25, -0.2) is 0 Å². The molecule has 3 rings (SSSR count). The molecular weight excluding hydrogens is 316 g/mol. The molecule has 1 unspecified atom stereocenters. The topological polar surface area (TPSA) is 63.5 Å². The number of fused-ring (bicyclic) bond motifs is 1. The molecule has 0 saturated carbocycles. The minimum absolute atomic E-state index is 0.0586. The maximum Gasteiger partial charge on any atom is 0.283 e. The Morgan fingerprint density at radius 3 is 2.78 bits per heavy atom. The Bertz CT molecular complexity index is 791. The Balaban J connectivity index is 2.06. The molecule has 118 valence electrons. The van der Waals surface area contributed by atoms with E-state index in [2.05, 4.69) is 6.92 Å². The number of nitro benzene ring substituents is 1. The zero-order valence-electron chi connectivity index (χ0n) is 12.5. The van der Waals surface area contributed by atoms with Crippen molar-refractivity contribution in [2.24, 2.45) is 5.92 Å². The second-order valence-electron chi connectivity index (χ2n) is 5.77.